The second-order valence-electron chi connectivity index (χ2n) is 5.58. The molecule has 0 saturated heterocycles. The van der Waals surface area contributed by atoms with Gasteiger partial charge in [-0.05, 0) is 23.6 Å². The molecule has 0 spiro atoms. The van der Waals surface area contributed by atoms with Gasteiger partial charge in [0.25, 0.3) is 0 Å². The fraction of sp³-hybridized carbons (Fsp3) is 0. The Bertz CT molecular complexity index is 1160. The van der Waals surface area contributed by atoms with Gasteiger partial charge in [-0.25, -0.2) is 4.98 Å². The monoisotopic (exact) mass is 295 g/mol. The highest BCUT2D eigenvalue weighted by Gasteiger charge is 2.13. The van der Waals surface area contributed by atoms with Crippen molar-refractivity contribution in [3.05, 3.63) is 79.1 Å². The lowest BCUT2D eigenvalue weighted by Crippen LogP contribution is -1.94. The van der Waals surface area contributed by atoms with Crippen molar-refractivity contribution in [2.45, 2.75) is 0 Å². The van der Waals surface area contributed by atoms with Crippen LogP contribution in [0.15, 0.2) is 79.1 Å². The molecule has 0 N–H and O–H groups in total. The van der Waals surface area contributed by atoms with Crippen molar-refractivity contribution in [2.75, 3.05) is 0 Å². The molecular weight excluding hydrogens is 282 g/mol. The van der Waals surface area contributed by atoms with Crippen molar-refractivity contribution in [2.24, 2.45) is 0 Å². The number of aromatic nitrogens is 3. The molecule has 0 bridgehead atoms. The van der Waals surface area contributed by atoms with Gasteiger partial charge in [0.05, 0.1) is 23.1 Å². The summed E-state index contributed by atoms with van der Waals surface area (Å²) in [5.74, 6) is 0. The number of hydrogen-bond acceptors (Lipinski definition) is 2. The average molecular weight is 295 g/mol. The first-order valence-electron chi connectivity index (χ1n) is 7.62. The normalized spacial score (nSPS) is 11.5. The number of pyridine rings is 2. The summed E-state index contributed by atoms with van der Waals surface area (Å²) in [5.41, 5.74) is 4.07. The minimum atomic E-state index is 0.931. The van der Waals surface area contributed by atoms with Crippen molar-refractivity contribution in [3.8, 4) is 11.4 Å². The highest BCUT2D eigenvalue weighted by atomic mass is 15.0. The molecule has 108 valence electrons. The van der Waals surface area contributed by atoms with Gasteiger partial charge in [-0.1, -0.05) is 48.5 Å². The second-order valence-corrected chi connectivity index (χ2v) is 5.58. The van der Waals surface area contributed by atoms with E-state index in [9.17, 15) is 0 Å². The number of hydrogen-bond donors (Lipinski definition) is 0. The first-order chi connectivity index (χ1) is 11.4. The SMILES string of the molecule is c1ccc(-c2cnc3c4ccccc4c4ccccc4n23)nc1. The maximum Gasteiger partial charge on any atom is 0.145 e. The molecule has 3 nitrogen and oxygen atoms in total. The van der Waals surface area contributed by atoms with Gasteiger partial charge in [-0.2, -0.15) is 0 Å². The molecule has 0 fully saturated rings. The molecule has 0 aliphatic heterocycles. The van der Waals surface area contributed by atoms with Crippen LogP contribution < -0.4 is 0 Å². The largest absolute Gasteiger partial charge is 0.290 e. The van der Waals surface area contributed by atoms with Crippen molar-refractivity contribution in [1.82, 2.24) is 14.4 Å². The Morgan fingerprint density at radius 2 is 1.39 bits per heavy atom. The van der Waals surface area contributed by atoms with E-state index in [-0.39, 0.29) is 0 Å². The molecule has 0 amide bonds. The van der Waals surface area contributed by atoms with Gasteiger partial charge >= 0.3 is 0 Å². The molecule has 0 aliphatic rings. The average Bonchev–Trinajstić information content (AvgIpc) is 3.08. The quantitative estimate of drug-likeness (QED) is 0.419. The topological polar surface area (TPSA) is 30.2 Å². The number of para-hydroxylation sites is 1. The molecular formula is C20H13N3. The molecule has 0 saturated carbocycles. The fourth-order valence-electron chi connectivity index (χ4n) is 3.29. The highest BCUT2D eigenvalue weighted by molar-refractivity contribution is 6.12. The van der Waals surface area contributed by atoms with Gasteiger partial charge in [-0.15, -0.1) is 0 Å². The van der Waals surface area contributed by atoms with Crippen LogP contribution in [-0.2, 0) is 0 Å². The van der Waals surface area contributed by atoms with Crippen molar-refractivity contribution >= 4 is 27.3 Å². The lowest BCUT2D eigenvalue weighted by Gasteiger charge is -2.10. The minimum absolute atomic E-state index is 0.931. The molecule has 3 heteroatoms. The van der Waals surface area contributed by atoms with E-state index in [4.69, 9.17) is 4.98 Å². The summed E-state index contributed by atoms with van der Waals surface area (Å²) >= 11 is 0. The Balaban J connectivity index is 2.06. The van der Waals surface area contributed by atoms with Gasteiger partial charge in [0.2, 0.25) is 0 Å². The van der Waals surface area contributed by atoms with Crippen molar-refractivity contribution in [3.63, 3.8) is 0 Å². The highest BCUT2D eigenvalue weighted by Crippen LogP contribution is 2.32. The summed E-state index contributed by atoms with van der Waals surface area (Å²) in [6.07, 6.45) is 3.73. The Labute approximate surface area is 132 Å². The van der Waals surface area contributed by atoms with Crippen LogP contribution in [0, 0.1) is 0 Å². The van der Waals surface area contributed by atoms with Crippen molar-refractivity contribution in [1.29, 1.82) is 0 Å². The summed E-state index contributed by atoms with van der Waals surface area (Å²) in [6.45, 7) is 0. The third-order valence-electron chi connectivity index (χ3n) is 4.29. The Kier molecular flexibility index (Phi) is 2.50. The summed E-state index contributed by atoms with van der Waals surface area (Å²) in [4.78, 5) is 9.19. The molecule has 3 aromatic heterocycles. The van der Waals surface area contributed by atoms with Crippen LogP contribution >= 0.6 is 0 Å². The van der Waals surface area contributed by atoms with Crippen LogP contribution in [0.2, 0.25) is 0 Å². The number of rotatable bonds is 1. The standard InChI is InChI=1S/C20H13N3/c1-2-9-16-14(7-1)15-8-3-4-11-18(15)23-19(13-22-20(16)23)17-10-5-6-12-21-17/h1-13H. The molecule has 23 heavy (non-hydrogen) atoms. The smallest absolute Gasteiger partial charge is 0.145 e. The number of benzene rings is 2. The van der Waals surface area contributed by atoms with Crippen LogP contribution in [0.4, 0.5) is 0 Å². The van der Waals surface area contributed by atoms with Gasteiger partial charge < -0.3 is 0 Å². The van der Waals surface area contributed by atoms with E-state index in [1.807, 2.05) is 30.6 Å². The van der Waals surface area contributed by atoms with Crippen molar-refractivity contribution < 1.29 is 0 Å². The van der Waals surface area contributed by atoms with Crippen LogP contribution in [0.25, 0.3) is 38.7 Å². The zero-order chi connectivity index (χ0) is 15.2. The van der Waals surface area contributed by atoms with Crippen LogP contribution in [0.3, 0.4) is 0 Å². The second kappa shape index (κ2) is 4.65. The minimum Gasteiger partial charge on any atom is -0.290 e. The molecule has 5 rings (SSSR count). The zero-order valence-corrected chi connectivity index (χ0v) is 12.3. The first-order valence-corrected chi connectivity index (χ1v) is 7.62. The van der Waals surface area contributed by atoms with E-state index in [1.54, 1.807) is 0 Å². The molecule has 0 aliphatic carbocycles. The lowest BCUT2D eigenvalue weighted by atomic mass is 10.1. The Morgan fingerprint density at radius 1 is 0.652 bits per heavy atom. The maximum absolute atomic E-state index is 4.70. The van der Waals surface area contributed by atoms with E-state index >= 15 is 0 Å². The molecule has 2 aromatic carbocycles. The van der Waals surface area contributed by atoms with Crippen LogP contribution in [-0.4, -0.2) is 14.4 Å². The third kappa shape index (κ3) is 1.70. The zero-order valence-electron chi connectivity index (χ0n) is 12.3. The third-order valence-corrected chi connectivity index (χ3v) is 4.29. The number of fused-ring (bicyclic) bond motifs is 6. The predicted molar refractivity (Wildman–Crippen MR) is 93.4 cm³/mol. The molecule has 5 aromatic rings. The van der Waals surface area contributed by atoms with Gasteiger partial charge in [0, 0.05) is 17.0 Å². The van der Waals surface area contributed by atoms with E-state index in [2.05, 4.69) is 57.9 Å². The summed E-state index contributed by atoms with van der Waals surface area (Å²) in [5, 5.41) is 3.62. The van der Waals surface area contributed by atoms with Crippen LogP contribution in [0.5, 0.6) is 0 Å². The van der Waals surface area contributed by atoms with E-state index in [0.717, 1.165) is 27.9 Å². The number of nitrogens with zero attached hydrogens (tertiary/aromatic N) is 3. The Morgan fingerprint density at radius 3 is 2.22 bits per heavy atom. The van der Waals surface area contributed by atoms with E-state index < -0.39 is 0 Å². The fourth-order valence-corrected chi connectivity index (χ4v) is 3.29. The lowest BCUT2D eigenvalue weighted by molar-refractivity contribution is 1.22. The van der Waals surface area contributed by atoms with Crippen LogP contribution in [0.1, 0.15) is 0 Å². The molecule has 3 heterocycles. The van der Waals surface area contributed by atoms with E-state index in [0.29, 0.717) is 0 Å². The summed E-state index contributed by atoms with van der Waals surface area (Å²) in [6, 6.07) is 22.8. The Hall–Kier alpha value is -3.20. The first kappa shape index (κ1) is 12.4. The van der Waals surface area contributed by atoms with Gasteiger partial charge in [-0.3, -0.25) is 9.38 Å². The summed E-state index contributed by atoms with van der Waals surface area (Å²) < 4.78 is 2.21. The van der Waals surface area contributed by atoms with Gasteiger partial charge in [0.1, 0.15) is 5.65 Å². The maximum atomic E-state index is 4.70. The van der Waals surface area contributed by atoms with Gasteiger partial charge in [0.15, 0.2) is 0 Å². The summed E-state index contributed by atoms with van der Waals surface area (Å²) in [7, 11) is 0. The molecule has 0 unspecified atom stereocenters. The molecule has 0 radical (unpaired) electrons. The number of imidazole rings is 1. The predicted octanol–water partition coefficient (Wildman–Crippen LogP) is 4.70. The molecule has 0 atom stereocenters. The van der Waals surface area contributed by atoms with E-state index in [1.165, 1.54) is 10.8 Å².